The molecule has 1 saturated heterocycles. The number of hydrogen-bond acceptors (Lipinski definition) is 4. The van der Waals surface area contributed by atoms with Crippen LogP contribution in [-0.2, 0) is 16.1 Å². The maximum Gasteiger partial charge on any atom is 0.242 e. The van der Waals surface area contributed by atoms with Gasteiger partial charge in [-0.05, 0) is 55.3 Å². The molecule has 1 aliphatic rings. The molecule has 1 amide bonds. The van der Waals surface area contributed by atoms with E-state index in [4.69, 9.17) is 16.3 Å². The normalized spacial score (nSPS) is 15.7. The maximum absolute atomic E-state index is 12.8. The molecule has 0 bridgehead atoms. The number of carbonyl (C=O) groups excluding carboxylic acids is 1. The Labute approximate surface area is 159 Å². The number of rotatable bonds is 8. The molecular weight excluding hydrogens is 350 g/mol. The first-order valence-electron chi connectivity index (χ1n) is 8.98. The average Bonchev–Trinajstić information content (AvgIpc) is 3.18. The van der Waals surface area contributed by atoms with Gasteiger partial charge in [-0.1, -0.05) is 29.8 Å². The number of nitrogens with one attached hydrogen (secondary N) is 1. The van der Waals surface area contributed by atoms with Gasteiger partial charge >= 0.3 is 0 Å². The minimum Gasteiger partial charge on any atom is -0.375 e. The van der Waals surface area contributed by atoms with Gasteiger partial charge in [0.05, 0.1) is 13.2 Å². The highest BCUT2D eigenvalue weighted by Crippen LogP contribution is 2.24. The SMILES string of the molecule is O=C(NCCOCc1ccc(Cl)cc1)[C@H](c1cccnc1)N1CCCC1. The summed E-state index contributed by atoms with van der Waals surface area (Å²) in [6.45, 7) is 3.34. The molecule has 5 nitrogen and oxygen atoms in total. The van der Waals surface area contributed by atoms with Gasteiger partial charge in [0.1, 0.15) is 6.04 Å². The van der Waals surface area contributed by atoms with Gasteiger partial charge in [0.15, 0.2) is 0 Å². The molecule has 1 aromatic heterocycles. The number of carbonyl (C=O) groups is 1. The molecule has 138 valence electrons. The quantitative estimate of drug-likeness (QED) is 0.722. The Balaban J connectivity index is 1.47. The van der Waals surface area contributed by atoms with Crippen LogP contribution in [0.2, 0.25) is 5.02 Å². The Morgan fingerprint density at radius 2 is 2.00 bits per heavy atom. The van der Waals surface area contributed by atoms with Crippen molar-refractivity contribution in [1.82, 2.24) is 15.2 Å². The van der Waals surface area contributed by atoms with E-state index in [0.29, 0.717) is 24.8 Å². The lowest BCUT2D eigenvalue weighted by Crippen LogP contribution is -2.40. The van der Waals surface area contributed by atoms with Crippen molar-refractivity contribution in [2.24, 2.45) is 0 Å². The molecule has 0 aliphatic carbocycles. The lowest BCUT2D eigenvalue weighted by molar-refractivity contribution is -0.126. The smallest absolute Gasteiger partial charge is 0.242 e. The summed E-state index contributed by atoms with van der Waals surface area (Å²) in [6, 6.07) is 11.1. The summed E-state index contributed by atoms with van der Waals surface area (Å²) in [4.78, 5) is 19.1. The Morgan fingerprint density at radius 1 is 1.23 bits per heavy atom. The van der Waals surface area contributed by atoms with Crippen molar-refractivity contribution in [1.29, 1.82) is 0 Å². The zero-order valence-corrected chi connectivity index (χ0v) is 15.5. The van der Waals surface area contributed by atoms with Crippen molar-refractivity contribution in [3.63, 3.8) is 0 Å². The van der Waals surface area contributed by atoms with Gasteiger partial charge in [0.2, 0.25) is 5.91 Å². The first-order chi connectivity index (χ1) is 12.7. The van der Waals surface area contributed by atoms with Crippen molar-refractivity contribution in [2.75, 3.05) is 26.2 Å². The highest BCUT2D eigenvalue weighted by atomic mass is 35.5. The van der Waals surface area contributed by atoms with Crippen LogP contribution in [0.5, 0.6) is 0 Å². The number of ether oxygens (including phenoxy) is 1. The fourth-order valence-corrected chi connectivity index (χ4v) is 3.31. The standard InChI is InChI=1S/C20H24ClN3O2/c21-18-7-5-16(6-8-18)15-26-13-10-23-20(25)19(24-11-1-2-12-24)17-4-3-9-22-14-17/h3-9,14,19H,1-2,10-13,15H2,(H,23,25)/t19-/m0/s1. The van der Waals surface area contributed by atoms with Gasteiger partial charge in [0, 0.05) is 24.0 Å². The second-order valence-electron chi connectivity index (χ2n) is 6.40. The summed E-state index contributed by atoms with van der Waals surface area (Å²) >= 11 is 5.87. The lowest BCUT2D eigenvalue weighted by atomic mass is 10.1. The molecule has 1 fully saturated rings. The summed E-state index contributed by atoms with van der Waals surface area (Å²) in [7, 11) is 0. The lowest BCUT2D eigenvalue weighted by Gasteiger charge is -2.26. The number of likely N-dealkylation sites (tertiary alicyclic amines) is 1. The van der Waals surface area contributed by atoms with Crippen molar-refractivity contribution in [3.8, 4) is 0 Å². The van der Waals surface area contributed by atoms with Crippen LogP contribution in [-0.4, -0.2) is 42.0 Å². The first-order valence-corrected chi connectivity index (χ1v) is 9.36. The van der Waals surface area contributed by atoms with Gasteiger partial charge < -0.3 is 10.1 Å². The molecule has 0 unspecified atom stereocenters. The summed E-state index contributed by atoms with van der Waals surface area (Å²) in [5.74, 6) is 0.00925. The zero-order chi connectivity index (χ0) is 18.2. The van der Waals surface area contributed by atoms with Crippen molar-refractivity contribution < 1.29 is 9.53 Å². The van der Waals surface area contributed by atoms with E-state index >= 15 is 0 Å². The highest BCUT2D eigenvalue weighted by Gasteiger charge is 2.29. The topological polar surface area (TPSA) is 54.5 Å². The van der Waals surface area contributed by atoms with Crippen molar-refractivity contribution in [3.05, 3.63) is 64.9 Å². The van der Waals surface area contributed by atoms with Gasteiger partial charge in [-0.15, -0.1) is 0 Å². The summed E-state index contributed by atoms with van der Waals surface area (Å²) in [5.41, 5.74) is 2.00. The maximum atomic E-state index is 12.8. The van der Waals surface area contributed by atoms with Gasteiger partial charge in [-0.25, -0.2) is 0 Å². The molecule has 2 heterocycles. The summed E-state index contributed by atoms with van der Waals surface area (Å²) < 4.78 is 5.64. The molecule has 6 heteroatoms. The van der Waals surface area contributed by atoms with Crippen LogP contribution in [0.4, 0.5) is 0 Å². The monoisotopic (exact) mass is 373 g/mol. The summed E-state index contributed by atoms with van der Waals surface area (Å²) in [6.07, 6.45) is 5.77. The minimum absolute atomic E-state index is 0.00925. The third-order valence-corrected chi connectivity index (χ3v) is 4.73. The molecule has 0 radical (unpaired) electrons. The van der Waals surface area contributed by atoms with E-state index in [1.807, 2.05) is 36.4 Å². The second kappa shape index (κ2) is 9.67. The van der Waals surface area contributed by atoms with E-state index in [0.717, 1.165) is 37.1 Å². The van der Waals surface area contributed by atoms with E-state index in [-0.39, 0.29) is 11.9 Å². The number of amides is 1. The molecule has 1 aromatic carbocycles. The van der Waals surface area contributed by atoms with Crippen LogP contribution in [0.3, 0.4) is 0 Å². The minimum atomic E-state index is -0.275. The molecular formula is C20H24ClN3O2. The fourth-order valence-electron chi connectivity index (χ4n) is 3.18. The molecule has 0 saturated carbocycles. The van der Waals surface area contributed by atoms with Crippen LogP contribution < -0.4 is 5.32 Å². The van der Waals surface area contributed by atoms with E-state index < -0.39 is 0 Å². The first kappa shape index (κ1) is 18.8. The molecule has 1 aliphatic heterocycles. The molecule has 2 aromatic rings. The highest BCUT2D eigenvalue weighted by molar-refractivity contribution is 6.30. The average molecular weight is 374 g/mol. The van der Waals surface area contributed by atoms with E-state index in [1.165, 1.54) is 0 Å². The van der Waals surface area contributed by atoms with Crippen LogP contribution in [0.1, 0.15) is 30.0 Å². The Bertz CT molecular complexity index is 688. The number of pyridine rings is 1. The van der Waals surface area contributed by atoms with E-state index in [1.54, 1.807) is 12.4 Å². The van der Waals surface area contributed by atoms with Crippen molar-refractivity contribution in [2.45, 2.75) is 25.5 Å². The zero-order valence-electron chi connectivity index (χ0n) is 14.7. The summed E-state index contributed by atoms with van der Waals surface area (Å²) in [5, 5.41) is 3.71. The molecule has 1 atom stereocenters. The van der Waals surface area contributed by atoms with Gasteiger partial charge in [-0.3, -0.25) is 14.7 Å². The van der Waals surface area contributed by atoms with E-state index in [9.17, 15) is 4.79 Å². The second-order valence-corrected chi connectivity index (χ2v) is 6.84. The van der Waals surface area contributed by atoms with Crippen LogP contribution in [0.25, 0.3) is 0 Å². The molecule has 26 heavy (non-hydrogen) atoms. The van der Waals surface area contributed by atoms with Gasteiger partial charge in [0.25, 0.3) is 0 Å². The number of benzene rings is 1. The number of aromatic nitrogens is 1. The number of hydrogen-bond donors (Lipinski definition) is 1. The molecule has 3 rings (SSSR count). The Morgan fingerprint density at radius 3 is 2.69 bits per heavy atom. The fraction of sp³-hybridized carbons (Fsp3) is 0.400. The Hall–Kier alpha value is -1.95. The number of halogens is 1. The third-order valence-electron chi connectivity index (χ3n) is 4.48. The molecule has 1 N–H and O–H groups in total. The van der Waals surface area contributed by atoms with Crippen LogP contribution >= 0.6 is 11.6 Å². The van der Waals surface area contributed by atoms with Crippen LogP contribution in [0, 0.1) is 0 Å². The van der Waals surface area contributed by atoms with Crippen molar-refractivity contribution >= 4 is 17.5 Å². The Kier molecular flexibility index (Phi) is 7.00. The largest absolute Gasteiger partial charge is 0.375 e. The van der Waals surface area contributed by atoms with E-state index in [2.05, 4.69) is 15.2 Å². The number of nitrogens with zero attached hydrogens (tertiary/aromatic N) is 2. The van der Waals surface area contributed by atoms with Crippen LogP contribution in [0.15, 0.2) is 48.8 Å². The predicted molar refractivity (Wildman–Crippen MR) is 102 cm³/mol. The third kappa shape index (κ3) is 5.27. The predicted octanol–water partition coefficient (Wildman–Crippen LogP) is 3.20. The van der Waals surface area contributed by atoms with Gasteiger partial charge in [-0.2, -0.15) is 0 Å². The molecule has 0 spiro atoms.